The number of nitrogens with zero attached hydrogens (tertiary/aromatic N) is 3. The number of sulfonamides is 1. The maximum absolute atomic E-state index is 13.1. The summed E-state index contributed by atoms with van der Waals surface area (Å²) in [6, 6.07) is 13.7. The second-order valence-corrected chi connectivity index (χ2v) is 10.7. The van der Waals surface area contributed by atoms with Crippen LogP contribution in [0.2, 0.25) is 0 Å². The lowest BCUT2D eigenvalue weighted by atomic mass is 10.1. The van der Waals surface area contributed by atoms with Crippen LogP contribution in [0.15, 0.2) is 47.4 Å². The summed E-state index contributed by atoms with van der Waals surface area (Å²) in [7, 11) is -3.57. The summed E-state index contributed by atoms with van der Waals surface area (Å²) < 4.78 is 27.7. The summed E-state index contributed by atoms with van der Waals surface area (Å²) in [4.78, 5) is 17.4. The van der Waals surface area contributed by atoms with Gasteiger partial charge in [0.2, 0.25) is 10.0 Å². The molecule has 1 amide bonds. The van der Waals surface area contributed by atoms with Crippen LogP contribution in [0.5, 0.6) is 0 Å². The van der Waals surface area contributed by atoms with E-state index in [2.05, 4.69) is 25.7 Å². The Morgan fingerprint density at radius 2 is 1.62 bits per heavy atom. The van der Waals surface area contributed by atoms with Crippen LogP contribution in [0.1, 0.15) is 47.8 Å². The van der Waals surface area contributed by atoms with Gasteiger partial charge in [0, 0.05) is 44.3 Å². The first-order chi connectivity index (χ1) is 15.1. The Morgan fingerprint density at radius 3 is 2.19 bits per heavy atom. The molecule has 6 nitrogen and oxygen atoms in total. The molecule has 0 N–H and O–H groups in total. The normalized spacial score (nSPS) is 15.5. The molecule has 1 fully saturated rings. The molecule has 1 heterocycles. The fraction of sp³-hybridized carbons (Fsp3) is 0.480. The van der Waals surface area contributed by atoms with Gasteiger partial charge in [0.05, 0.1) is 4.90 Å². The van der Waals surface area contributed by atoms with Gasteiger partial charge >= 0.3 is 0 Å². The van der Waals surface area contributed by atoms with E-state index in [0.29, 0.717) is 42.7 Å². The minimum absolute atomic E-state index is 0.0449. The fourth-order valence-corrected chi connectivity index (χ4v) is 5.82. The fourth-order valence-electron chi connectivity index (χ4n) is 4.09. The standard InChI is InChI=1S/C25H35N3O3S/c1-6-26(19(2)3)18-22-9-11-23(12-10-22)25(29)27-13-15-28(16-14-27)32(30,31)24-17-20(4)7-8-21(24)5/h7-12,17,19H,6,13-16,18H2,1-5H3. The molecule has 0 saturated carbocycles. The van der Waals surface area contributed by atoms with Crippen LogP contribution in [0.4, 0.5) is 0 Å². The molecule has 0 aliphatic carbocycles. The first kappa shape index (κ1) is 24.4. The lowest BCUT2D eigenvalue weighted by Gasteiger charge is -2.34. The predicted molar refractivity (Wildman–Crippen MR) is 128 cm³/mol. The molecule has 1 saturated heterocycles. The second kappa shape index (κ2) is 10.1. The summed E-state index contributed by atoms with van der Waals surface area (Å²) >= 11 is 0. The van der Waals surface area contributed by atoms with Crippen LogP contribution < -0.4 is 0 Å². The molecule has 0 spiro atoms. The molecule has 3 rings (SSSR count). The number of carbonyl (C=O) groups is 1. The number of rotatable bonds is 7. The lowest BCUT2D eigenvalue weighted by Crippen LogP contribution is -2.50. The average Bonchev–Trinajstić information content (AvgIpc) is 2.78. The molecule has 0 bridgehead atoms. The van der Waals surface area contributed by atoms with E-state index in [-0.39, 0.29) is 5.91 Å². The molecule has 2 aromatic rings. The Bertz CT molecular complexity index is 1040. The zero-order valence-electron chi connectivity index (χ0n) is 19.8. The van der Waals surface area contributed by atoms with Crippen molar-refractivity contribution in [2.24, 2.45) is 0 Å². The Labute approximate surface area is 192 Å². The van der Waals surface area contributed by atoms with Crippen molar-refractivity contribution < 1.29 is 13.2 Å². The van der Waals surface area contributed by atoms with Gasteiger partial charge < -0.3 is 4.90 Å². The van der Waals surface area contributed by atoms with Crippen molar-refractivity contribution in [3.63, 3.8) is 0 Å². The van der Waals surface area contributed by atoms with Crippen LogP contribution in [0.25, 0.3) is 0 Å². The van der Waals surface area contributed by atoms with Crippen LogP contribution in [-0.4, -0.2) is 67.2 Å². The highest BCUT2D eigenvalue weighted by atomic mass is 32.2. The Morgan fingerprint density at radius 1 is 1.00 bits per heavy atom. The van der Waals surface area contributed by atoms with Gasteiger partial charge in [-0.25, -0.2) is 8.42 Å². The first-order valence-corrected chi connectivity index (χ1v) is 12.8. The maximum atomic E-state index is 13.1. The Hall–Kier alpha value is -2.22. The van der Waals surface area contributed by atoms with Crippen molar-refractivity contribution in [2.75, 3.05) is 32.7 Å². The van der Waals surface area contributed by atoms with E-state index in [4.69, 9.17) is 0 Å². The number of aryl methyl sites for hydroxylation is 2. The van der Waals surface area contributed by atoms with Crippen molar-refractivity contribution in [3.05, 3.63) is 64.7 Å². The van der Waals surface area contributed by atoms with Gasteiger partial charge in [0.25, 0.3) is 5.91 Å². The van der Waals surface area contributed by atoms with Crippen LogP contribution >= 0.6 is 0 Å². The van der Waals surface area contributed by atoms with Gasteiger partial charge in [-0.3, -0.25) is 9.69 Å². The molecular formula is C25H35N3O3S. The minimum atomic E-state index is -3.57. The predicted octanol–water partition coefficient (Wildman–Crippen LogP) is 3.68. The third-order valence-electron chi connectivity index (χ3n) is 6.21. The summed E-state index contributed by atoms with van der Waals surface area (Å²) in [6.45, 7) is 13.5. The maximum Gasteiger partial charge on any atom is 0.253 e. The summed E-state index contributed by atoms with van der Waals surface area (Å²) in [5, 5.41) is 0. The second-order valence-electron chi connectivity index (χ2n) is 8.82. The van der Waals surface area contributed by atoms with Gasteiger partial charge in [0.1, 0.15) is 0 Å². The highest BCUT2D eigenvalue weighted by Gasteiger charge is 2.31. The summed E-state index contributed by atoms with van der Waals surface area (Å²) in [5.74, 6) is -0.0449. The molecule has 0 radical (unpaired) electrons. The molecule has 0 aromatic heterocycles. The summed E-state index contributed by atoms with van der Waals surface area (Å²) in [6.07, 6.45) is 0. The average molecular weight is 458 g/mol. The van der Waals surface area contributed by atoms with E-state index < -0.39 is 10.0 Å². The largest absolute Gasteiger partial charge is 0.336 e. The van der Waals surface area contributed by atoms with Crippen molar-refractivity contribution in [1.82, 2.24) is 14.1 Å². The highest BCUT2D eigenvalue weighted by Crippen LogP contribution is 2.23. The number of hydrogen-bond acceptors (Lipinski definition) is 4. The van der Waals surface area contributed by atoms with Gasteiger partial charge in [-0.1, -0.05) is 31.2 Å². The molecule has 2 aromatic carbocycles. The third-order valence-corrected chi connectivity index (χ3v) is 8.25. The van der Waals surface area contributed by atoms with E-state index in [9.17, 15) is 13.2 Å². The molecule has 7 heteroatoms. The van der Waals surface area contributed by atoms with E-state index in [1.807, 2.05) is 50.2 Å². The first-order valence-electron chi connectivity index (χ1n) is 11.3. The molecule has 32 heavy (non-hydrogen) atoms. The van der Waals surface area contributed by atoms with Crippen molar-refractivity contribution in [2.45, 2.75) is 52.1 Å². The molecule has 1 aliphatic heterocycles. The van der Waals surface area contributed by atoms with Crippen LogP contribution in [0.3, 0.4) is 0 Å². The zero-order valence-corrected chi connectivity index (χ0v) is 20.7. The molecule has 0 unspecified atom stereocenters. The number of piperazine rings is 1. The monoisotopic (exact) mass is 457 g/mol. The topological polar surface area (TPSA) is 60.9 Å². The van der Waals surface area contributed by atoms with Crippen LogP contribution in [-0.2, 0) is 16.6 Å². The van der Waals surface area contributed by atoms with Gasteiger partial charge in [-0.2, -0.15) is 4.31 Å². The molecule has 0 atom stereocenters. The van der Waals surface area contributed by atoms with Crippen LogP contribution in [0, 0.1) is 13.8 Å². The van der Waals surface area contributed by atoms with Gasteiger partial charge in [0.15, 0.2) is 0 Å². The van der Waals surface area contributed by atoms with Crippen molar-refractivity contribution in [1.29, 1.82) is 0 Å². The molecular weight excluding hydrogens is 422 g/mol. The number of benzene rings is 2. The molecule has 174 valence electrons. The molecule has 1 aliphatic rings. The number of hydrogen-bond donors (Lipinski definition) is 0. The van der Waals surface area contributed by atoms with Gasteiger partial charge in [-0.15, -0.1) is 0 Å². The summed E-state index contributed by atoms with van der Waals surface area (Å²) in [5.41, 5.74) is 3.49. The SMILES string of the molecule is CCN(Cc1ccc(C(=O)N2CCN(S(=O)(=O)c3cc(C)ccc3C)CC2)cc1)C(C)C. The van der Waals surface area contributed by atoms with E-state index in [1.54, 1.807) is 11.0 Å². The van der Waals surface area contributed by atoms with Crippen molar-refractivity contribution in [3.8, 4) is 0 Å². The zero-order chi connectivity index (χ0) is 23.5. The lowest BCUT2D eigenvalue weighted by molar-refractivity contribution is 0.0698. The Balaban J connectivity index is 1.63. The third kappa shape index (κ3) is 5.39. The Kier molecular flexibility index (Phi) is 7.75. The van der Waals surface area contributed by atoms with E-state index in [1.165, 1.54) is 9.87 Å². The van der Waals surface area contributed by atoms with Crippen molar-refractivity contribution >= 4 is 15.9 Å². The smallest absolute Gasteiger partial charge is 0.253 e. The number of carbonyl (C=O) groups excluding carboxylic acids is 1. The van der Waals surface area contributed by atoms with Gasteiger partial charge in [-0.05, 0) is 69.1 Å². The highest BCUT2D eigenvalue weighted by molar-refractivity contribution is 7.89. The minimum Gasteiger partial charge on any atom is -0.336 e. The van der Waals surface area contributed by atoms with E-state index >= 15 is 0 Å². The van der Waals surface area contributed by atoms with E-state index in [0.717, 1.165) is 24.2 Å². The number of amides is 1. The quantitative estimate of drug-likeness (QED) is 0.636.